The number of hydrogen-bond acceptors (Lipinski definition) is 5. The summed E-state index contributed by atoms with van der Waals surface area (Å²) >= 11 is 0. The lowest BCUT2D eigenvalue weighted by Gasteiger charge is -1.98. The maximum absolute atomic E-state index is 11.2. The van der Waals surface area contributed by atoms with Crippen molar-refractivity contribution < 1.29 is 14.1 Å². The molecule has 0 aliphatic rings. The zero-order valence-corrected chi connectivity index (χ0v) is 9.32. The molecule has 15 heavy (non-hydrogen) atoms. The molecule has 0 saturated carbocycles. The van der Waals surface area contributed by atoms with Gasteiger partial charge in [-0.25, -0.2) is 4.79 Å². The monoisotopic (exact) mass is 212 g/mol. The molecule has 5 heteroatoms. The van der Waals surface area contributed by atoms with Crippen molar-refractivity contribution >= 4 is 5.97 Å². The number of nitrogens with zero attached hydrogens (tertiary/aromatic N) is 2. The van der Waals surface area contributed by atoms with Gasteiger partial charge >= 0.3 is 11.9 Å². The van der Waals surface area contributed by atoms with Gasteiger partial charge < -0.3 is 9.26 Å². The Morgan fingerprint density at radius 2 is 2.27 bits per heavy atom. The third-order valence-corrected chi connectivity index (χ3v) is 1.86. The van der Waals surface area contributed by atoms with Crippen molar-refractivity contribution in [3.63, 3.8) is 0 Å². The zero-order valence-electron chi connectivity index (χ0n) is 9.32. The molecule has 0 aliphatic carbocycles. The van der Waals surface area contributed by atoms with Crippen LogP contribution in [0.1, 0.15) is 43.7 Å². The molecule has 0 bridgehead atoms. The normalized spacial score (nSPS) is 10.7. The summed E-state index contributed by atoms with van der Waals surface area (Å²) in [6, 6.07) is 0. The van der Waals surface area contributed by atoms with Crippen LogP contribution in [0.2, 0.25) is 0 Å². The Hall–Kier alpha value is -1.39. The van der Waals surface area contributed by atoms with Gasteiger partial charge in [0.15, 0.2) is 5.82 Å². The predicted molar refractivity (Wildman–Crippen MR) is 53.4 cm³/mol. The number of carbonyl (C=O) groups excluding carboxylic acids is 1. The summed E-state index contributed by atoms with van der Waals surface area (Å²) < 4.78 is 9.51. The third-order valence-electron chi connectivity index (χ3n) is 1.86. The minimum absolute atomic E-state index is 0.0596. The van der Waals surface area contributed by atoms with E-state index in [1.54, 1.807) is 6.92 Å². The van der Waals surface area contributed by atoms with E-state index >= 15 is 0 Å². The molecule has 0 fully saturated rings. The Balaban J connectivity index is 2.52. The number of aryl methyl sites for hydroxylation is 1. The Morgan fingerprint density at radius 3 is 2.87 bits per heavy atom. The lowest BCUT2D eigenvalue weighted by molar-refractivity contribution is 0.0470. The Labute approximate surface area is 88.8 Å². The van der Waals surface area contributed by atoms with Gasteiger partial charge in [-0.2, -0.15) is 4.98 Å². The van der Waals surface area contributed by atoms with Crippen LogP contribution in [0.25, 0.3) is 0 Å². The molecule has 0 spiro atoms. The number of hydrogen-bond donors (Lipinski definition) is 0. The van der Waals surface area contributed by atoms with Crippen LogP contribution in [0.15, 0.2) is 4.52 Å². The van der Waals surface area contributed by atoms with Crippen LogP contribution in [0.5, 0.6) is 0 Å². The number of esters is 1. The summed E-state index contributed by atoms with van der Waals surface area (Å²) in [5.74, 6) is 0.526. The summed E-state index contributed by atoms with van der Waals surface area (Å²) in [4.78, 5) is 15.1. The molecule has 0 aliphatic heterocycles. The van der Waals surface area contributed by atoms with Crippen LogP contribution in [-0.4, -0.2) is 22.7 Å². The highest BCUT2D eigenvalue weighted by molar-refractivity contribution is 5.83. The van der Waals surface area contributed by atoms with Gasteiger partial charge in [-0.15, -0.1) is 0 Å². The highest BCUT2D eigenvalue weighted by Gasteiger charge is 2.15. The summed E-state index contributed by atoms with van der Waals surface area (Å²) in [5, 5.41) is 3.70. The van der Waals surface area contributed by atoms with Crippen LogP contribution in [0.4, 0.5) is 0 Å². The molecule has 0 unspecified atom stereocenters. The van der Waals surface area contributed by atoms with Gasteiger partial charge in [0.25, 0.3) is 0 Å². The van der Waals surface area contributed by atoms with E-state index < -0.39 is 5.97 Å². The lowest BCUT2D eigenvalue weighted by Crippen LogP contribution is -2.05. The van der Waals surface area contributed by atoms with Gasteiger partial charge in [-0.1, -0.05) is 19.0 Å². The maximum atomic E-state index is 11.2. The van der Waals surface area contributed by atoms with Crippen molar-refractivity contribution in [2.45, 2.75) is 33.6 Å². The summed E-state index contributed by atoms with van der Waals surface area (Å²) in [6.07, 6.45) is 1.70. The minimum atomic E-state index is -0.555. The highest BCUT2D eigenvalue weighted by Crippen LogP contribution is 2.07. The van der Waals surface area contributed by atoms with E-state index in [-0.39, 0.29) is 5.89 Å². The molecule has 1 heterocycles. The Kier molecular flexibility index (Phi) is 4.27. The zero-order chi connectivity index (χ0) is 11.3. The highest BCUT2D eigenvalue weighted by atomic mass is 16.6. The van der Waals surface area contributed by atoms with Crippen molar-refractivity contribution in [2.75, 3.05) is 6.61 Å². The van der Waals surface area contributed by atoms with E-state index in [1.807, 2.05) is 0 Å². The van der Waals surface area contributed by atoms with Gasteiger partial charge in [0.1, 0.15) is 0 Å². The van der Waals surface area contributed by atoms with E-state index in [9.17, 15) is 4.79 Å². The number of carbonyl (C=O) groups is 1. The average molecular weight is 212 g/mol. The van der Waals surface area contributed by atoms with Crippen LogP contribution in [-0.2, 0) is 11.2 Å². The van der Waals surface area contributed by atoms with E-state index in [4.69, 9.17) is 9.26 Å². The summed E-state index contributed by atoms with van der Waals surface area (Å²) in [7, 11) is 0. The Bertz CT molecular complexity index is 320. The van der Waals surface area contributed by atoms with Gasteiger partial charge in [-0.3, -0.25) is 0 Å². The first-order valence-electron chi connectivity index (χ1n) is 5.13. The third kappa shape index (κ3) is 3.69. The fourth-order valence-electron chi connectivity index (χ4n) is 1.05. The number of rotatable bonds is 5. The molecule has 1 aromatic rings. The molecule has 0 radical (unpaired) electrons. The van der Waals surface area contributed by atoms with Crippen LogP contribution in [0.3, 0.4) is 0 Å². The average Bonchev–Trinajstić information content (AvgIpc) is 2.63. The number of aromatic nitrogens is 2. The van der Waals surface area contributed by atoms with Gasteiger partial charge in [0.2, 0.25) is 0 Å². The second-order valence-corrected chi connectivity index (χ2v) is 3.67. The molecule has 0 N–H and O–H groups in total. The van der Waals surface area contributed by atoms with Crippen LogP contribution >= 0.6 is 0 Å². The largest absolute Gasteiger partial charge is 0.459 e. The van der Waals surface area contributed by atoms with E-state index in [0.29, 0.717) is 18.3 Å². The molecule has 0 amide bonds. The fourth-order valence-corrected chi connectivity index (χ4v) is 1.05. The van der Waals surface area contributed by atoms with Gasteiger partial charge in [0.05, 0.1) is 6.61 Å². The smallest absolute Gasteiger partial charge is 0.397 e. The molecule has 5 nitrogen and oxygen atoms in total. The van der Waals surface area contributed by atoms with Gasteiger partial charge in [0, 0.05) is 6.42 Å². The predicted octanol–water partition coefficient (Wildman–Crippen LogP) is 1.83. The van der Waals surface area contributed by atoms with E-state index in [2.05, 4.69) is 24.0 Å². The van der Waals surface area contributed by atoms with Crippen molar-refractivity contribution in [2.24, 2.45) is 5.92 Å². The molecule has 0 aromatic carbocycles. The molecular weight excluding hydrogens is 196 g/mol. The van der Waals surface area contributed by atoms with Crippen molar-refractivity contribution in [1.29, 1.82) is 0 Å². The van der Waals surface area contributed by atoms with Crippen molar-refractivity contribution in [1.82, 2.24) is 10.1 Å². The first-order chi connectivity index (χ1) is 7.13. The molecule has 1 rings (SSSR count). The van der Waals surface area contributed by atoms with Crippen molar-refractivity contribution in [3.05, 3.63) is 11.7 Å². The molecular formula is C10H16N2O3. The Morgan fingerprint density at radius 1 is 1.53 bits per heavy atom. The maximum Gasteiger partial charge on any atom is 0.397 e. The number of ether oxygens (including phenoxy) is 1. The topological polar surface area (TPSA) is 65.2 Å². The molecule has 0 saturated heterocycles. The SMILES string of the molecule is CCOC(=O)c1nc(CCC(C)C)no1. The minimum Gasteiger partial charge on any atom is -0.459 e. The fraction of sp³-hybridized carbons (Fsp3) is 0.700. The molecule has 1 aromatic heterocycles. The van der Waals surface area contributed by atoms with Gasteiger partial charge in [-0.05, 0) is 19.3 Å². The quantitative estimate of drug-likeness (QED) is 0.697. The van der Waals surface area contributed by atoms with Crippen molar-refractivity contribution in [3.8, 4) is 0 Å². The first-order valence-corrected chi connectivity index (χ1v) is 5.13. The standard InChI is InChI=1S/C10H16N2O3/c1-4-14-10(13)9-11-8(12-15-9)6-5-7(2)3/h7H,4-6H2,1-3H3. The van der Waals surface area contributed by atoms with Crippen LogP contribution in [0, 0.1) is 5.92 Å². The summed E-state index contributed by atoms with van der Waals surface area (Å²) in [5.41, 5.74) is 0. The van der Waals surface area contributed by atoms with E-state index in [0.717, 1.165) is 12.8 Å². The molecule has 0 atom stereocenters. The van der Waals surface area contributed by atoms with Crippen LogP contribution < -0.4 is 0 Å². The van der Waals surface area contributed by atoms with E-state index in [1.165, 1.54) is 0 Å². The first kappa shape index (κ1) is 11.7. The summed E-state index contributed by atoms with van der Waals surface area (Å²) in [6.45, 7) is 6.27. The second kappa shape index (κ2) is 5.48. The second-order valence-electron chi connectivity index (χ2n) is 3.67. The lowest BCUT2D eigenvalue weighted by atomic mass is 10.1. The molecule has 84 valence electrons.